The van der Waals surface area contributed by atoms with Crippen LogP contribution in [0.3, 0.4) is 0 Å². The lowest BCUT2D eigenvalue weighted by atomic mass is 9.89. The third kappa shape index (κ3) is 3.27. The van der Waals surface area contributed by atoms with Crippen molar-refractivity contribution in [2.24, 2.45) is 11.8 Å². The number of aromatic nitrogens is 4. The van der Waals surface area contributed by atoms with Gasteiger partial charge in [-0.1, -0.05) is 12.1 Å². The summed E-state index contributed by atoms with van der Waals surface area (Å²) in [4.78, 5) is 24.2. The molecule has 7 nitrogen and oxygen atoms in total. The first-order chi connectivity index (χ1) is 12.3. The van der Waals surface area contributed by atoms with E-state index in [4.69, 9.17) is 0 Å². The van der Waals surface area contributed by atoms with Gasteiger partial charge >= 0.3 is 6.18 Å². The summed E-state index contributed by atoms with van der Waals surface area (Å²) in [5.74, 6) is -2.06. The van der Waals surface area contributed by atoms with Crippen LogP contribution in [0.1, 0.15) is 48.7 Å². The summed E-state index contributed by atoms with van der Waals surface area (Å²) in [6.07, 6.45) is 0.228. The molecular weight excluding hydrogens is 351 g/mol. The lowest BCUT2D eigenvalue weighted by Crippen LogP contribution is -2.19. The number of hydrogen-bond donors (Lipinski definition) is 1. The molecule has 1 fully saturated rings. The highest BCUT2D eigenvalue weighted by molar-refractivity contribution is 5.93. The van der Waals surface area contributed by atoms with Gasteiger partial charge < -0.3 is 4.52 Å². The van der Waals surface area contributed by atoms with E-state index < -0.39 is 23.8 Å². The second-order valence-electron chi connectivity index (χ2n) is 6.91. The zero-order chi connectivity index (χ0) is 18.5. The molecule has 2 aromatic rings. The lowest BCUT2D eigenvalue weighted by Gasteiger charge is -2.20. The molecule has 2 aliphatic rings. The molecule has 1 saturated carbocycles. The Balaban J connectivity index is 1.40. The normalized spacial score (nSPS) is 24.8. The van der Waals surface area contributed by atoms with Crippen LogP contribution >= 0.6 is 0 Å². The van der Waals surface area contributed by atoms with Crippen molar-refractivity contribution < 1.29 is 22.5 Å². The largest absolute Gasteiger partial charge is 0.455 e. The minimum atomic E-state index is -4.66. The maximum Gasteiger partial charge on any atom is 0.455 e. The third-order valence-corrected chi connectivity index (χ3v) is 4.77. The predicted molar refractivity (Wildman–Crippen MR) is 82.0 cm³/mol. The number of carbonyl (C=O) groups is 1. The van der Waals surface area contributed by atoms with Crippen LogP contribution in [0.15, 0.2) is 10.7 Å². The fourth-order valence-corrected chi connectivity index (χ4v) is 3.21. The van der Waals surface area contributed by atoms with E-state index in [2.05, 4.69) is 36.9 Å². The maximum atomic E-state index is 12.5. The Bertz CT molecular complexity index is 851. The SMILES string of the molecule is CC1CCc2nc(NC(=O)[C@@H]3C[C@@H]3c3nc(C(F)(F)F)no3)ncc2C1. The van der Waals surface area contributed by atoms with Gasteiger partial charge in [-0.15, -0.1) is 0 Å². The van der Waals surface area contributed by atoms with E-state index in [1.165, 1.54) is 0 Å². The Labute approximate surface area is 146 Å². The van der Waals surface area contributed by atoms with E-state index in [0.717, 1.165) is 30.5 Å². The Morgan fingerprint density at radius 3 is 2.88 bits per heavy atom. The molecule has 2 aliphatic carbocycles. The summed E-state index contributed by atoms with van der Waals surface area (Å²) in [6, 6.07) is 0. The molecule has 4 rings (SSSR count). The topological polar surface area (TPSA) is 93.8 Å². The Hall–Kier alpha value is -2.52. The fourth-order valence-electron chi connectivity index (χ4n) is 3.21. The number of carbonyl (C=O) groups excluding carboxylic acids is 1. The average molecular weight is 367 g/mol. The Kier molecular flexibility index (Phi) is 3.92. The molecule has 2 heterocycles. The number of anilines is 1. The molecule has 26 heavy (non-hydrogen) atoms. The number of aryl methyl sites for hydroxylation is 1. The number of rotatable bonds is 3. The van der Waals surface area contributed by atoms with Gasteiger partial charge in [0, 0.05) is 11.9 Å². The molecule has 0 spiro atoms. The van der Waals surface area contributed by atoms with E-state index in [1.54, 1.807) is 6.20 Å². The molecule has 10 heteroatoms. The minimum absolute atomic E-state index is 0.169. The van der Waals surface area contributed by atoms with Gasteiger partial charge in [-0.3, -0.25) is 10.1 Å². The van der Waals surface area contributed by atoms with Crippen molar-refractivity contribution in [1.82, 2.24) is 20.1 Å². The lowest BCUT2D eigenvalue weighted by molar-refractivity contribution is -0.146. The molecule has 3 atom stereocenters. The molecule has 0 aliphatic heterocycles. The summed E-state index contributed by atoms with van der Waals surface area (Å²) in [5.41, 5.74) is 2.03. The van der Waals surface area contributed by atoms with Gasteiger partial charge in [0.25, 0.3) is 5.82 Å². The molecule has 1 N–H and O–H groups in total. The van der Waals surface area contributed by atoms with Crippen molar-refractivity contribution in [2.75, 3.05) is 5.32 Å². The van der Waals surface area contributed by atoms with E-state index in [1.807, 2.05) is 0 Å². The number of halogens is 3. The zero-order valence-electron chi connectivity index (χ0n) is 13.9. The molecule has 2 aromatic heterocycles. The van der Waals surface area contributed by atoms with Crippen LogP contribution in [0.5, 0.6) is 0 Å². The first-order valence-corrected chi connectivity index (χ1v) is 8.37. The molecule has 0 bridgehead atoms. The van der Waals surface area contributed by atoms with Crippen LogP contribution in [0, 0.1) is 11.8 Å². The van der Waals surface area contributed by atoms with E-state index in [9.17, 15) is 18.0 Å². The van der Waals surface area contributed by atoms with Crippen molar-refractivity contribution in [3.05, 3.63) is 29.2 Å². The quantitative estimate of drug-likeness (QED) is 0.897. The van der Waals surface area contributed by atoms with Crippen LogP contribution in [0.25, 0.3) is 0 Å². The van der Waals surface area contributed by atoms with Crippen molar-refractivity contribution in [1.29, 1.82) is 0 Å². The third-order valence-electron chi connectivity index (χ3n) is 4.77. The number of nitrogens with zero attached hydrogens (tertiary/aromatic N) is 4. The van der Waals surface area contributed by atoms with E-state index in [0.29, 0.717) is 12.3 Å². The number of alkyl halides is 3. The van der Waals surface area contributed by atoms with Gasteiger partial charge in [0.1, 0.15) is 0 Å². The molecule has 1 amide bonds. The van der Waals surface area contributed by atoms with Gasteiger partial charge in [-0.25, -0.2) is 9.97 Å². The second kappa shape index (κ2) is 6.03. The highest BCUT2D eigenvalue weighted by atomic mass is 19.4. The number of fused-ring (bicyclic) bond motifs is 1. The van der Waals surface area contributed by atoms with Crippen LogP contribution in [0.4, 0.5) is 19.1 Å². The van der Waals surface area contributed by atoms with Crippen molar-refractivity contribution in [2.45, 2.75) is 44.7 Å². The van der Waals surface area contributed by atoms with Gasteiger partial charge in [-0.05, 0) is 37.2 Å². The average Bonchev–Trinajstić information content (AvgIpc) is 3.22. The fraction of sp³-hybridized carbons (Fsp3) is 0.562. The summed E-state index contributed by atoms with van der Waals surface area (Å²) in [7, 11) is 0. The maximum absolute atomic E-state index is 12.5. The monoisotopic (exact) mass is 367 g/mol. The first-order valence-electron chi connectivity index (χ1n) is 8.37. The first kappa shape index (κ1) is 16.9. The zero-order valence-corrected chi connectivity index (χ0v) is 13.9. The molecule has 138 valence electrons. The molecule has 0 aromatic carbocycles. The molecule has 0 radical (unpaired) electrons. The van der Waals surface area contributed by atoms with Crippen LogP contribution in [-0.2, 0) is 23.8 Å². The van der Waals surface area contributed by atoms with Crippen LogP contribution in [-0.4, -0.2) is 26.0 Å². The van der Waals surface area contributed by atoms with Crippen molar-refractivity contribution >= 4 is 11.9 Å². The van der Waals surface area contributed by atoms with E-state index in [-0.39, 0.29) is 17.7 Å². The second-order valence-corrected chi connectivity index (χ2v) is 6.91. The summed E-state index contributed by atoms with van der Waals surface area (Å²) < 4.78 is 42.2. The van der Waals surface area contributed by atoms with Gasteiger partial charge in [0.2, 0.25) is 17.7 Å². The van der Waals surface area contributed by atoms with Gasteiger partial charge in [-0.2, -0.15) is 18.2 Å². The molecular formula is C16H16F3N5O2. The number of nitrogens with one attached hydrogen (secondary N) is 1. The highest BCUT2D eigenvalue weighted by Gasteiger charge is 2.49. The van der Waals surface area contributed by atoms with E-state index >= 15 is 0 Å². The Morgan fingerprint density at radius 1 is 1.35 bits per heavy atom. The summed E-state index contributed by atoms with van der Waals surface area (Å²) >= 11 is 0. The van der Waals surface area contributed by atoms with Crippen LogP contribution < -0.4 is 5.32 Å². The van der Waals surface area contributed by atoms with Gasteiger partial charge in [0.15, 0.2) is 0 Å². The van der Waals surface area contributed by atoms with Crippen LogP contribution in [0.2, 0.25) is 0 Å². The standard InChI is InChI=1S/C16H16F3N5O2/c1-7-2-3-11-8(4-7)6-20-15(21-11)22-12(25)9-5-10(9)13-23-14(24-26-13)16(17,18)19/h6-7,9-10H,2-5H2,1H3,(H,20,21,22,25)/t7?,9-,10+/m1/s1. The molecule has 0 saturated heterocycles. The number of amides is 1. The predicted octanol–water partition coefficient (Wildman–Crippen LogP) is 2.75. The number of hydrogen-bond acceptors (Lipinski definition) is 6. The smallest absolute Gasteiger partial charge is 0.339 e. The van der Waals surface area contributed by atoms with Gasteiger partial charge in [0.05, 0.1) is 11.8 Å². The molecule has 1 unspecified atom stereocenters. The highest BCUT2D eigenvalue weighted by Crippen LogP contribution is 2.47. The minimum Gasteiger partial charge on any atom is -0.339 e. The van der Waals surface area contributed by atoms with Crippen molar-refractivity contribution in [3.63, 3.8) is 0 Å². The summed E-state index contributed by atoms with van der Waals surface area (Å²) in [5, 5.41) is 5.54. The Morgan fingerprint density at radius 2 is 2.15 bits per heavy atom. The summed E-state index contributed by atoms with van der Waals surface area (Å²) in [6.45, 7) is 2.17. The van der Waals surface area contributed by atoms with Crippen molar-refractivity contribution in [3.8, 4) is 0 Å².